The summed E-state index contributed by atoms with van der Waals surface area (Å²) in [5, 5.41) is 0. The summed E-state index contributed by atoms with van der Waals surface area (Å²) in [6.07, 6.45) is -0.237. The van der Waals surface area contributed by atoms with E-state index in [9.17, 15) is 4.39 Å². The average Bonchev–Trinajstić information content (AvgIpc) is 2.55. The van der Waals surface area contributed by atoms with Gasteiger partial charge in [-0.1, -0.05) is 12.1 Å². The molecule has 0 radical (unpaired) electrons. The van der Waals surface area contributed by atoms with Crippen LogP contribution in [-0.4, -0.2) is 64.7 Å². The zero-order valence-electron chi connectivity index (χ0n) is 13.5. The van der Waals surface area contributed by atoms with Crippen molar-refractivity contribution < 1.29 is 23.3 Å². The molecule has 3 atom stereocenters. The normalized spacial score (nSPS) is 25.5. The summed E-state index contributed by atoms with van der Waals surface area (Å²) in [6.45, 7) is 1.47. The summed E-state index contributed by atoms with van der Waals surface area (Å²) in [7, 11) is 6.70. The number of likely N-dealkylation sites (N-methyl/N-ethyl adjacent to an activating group) is 1. The van der Waals surface area contributed by atoms with Gasteiger partial charge < -0.3 is 18.9 Å². The van der Waals surface area contributed by atoms with Gasteiger partial charge in [-0.2, -0.15) is 0 Å². The van der Waals surface area contributed by atoms with Crippen molar-refractivity contribution >= 4 is 0 Å². The first-order valence-corrected chi connectivity index (χ1v) is 7.27. The van der Waals surface area contributed by atoms with Crippen molar-refractivity contribution in [2.24, 2.45) is 0 Å². The second-order valence-corrected chi connectivity index (χ2v) is 5.43. The predicted molar refractivity (Wildman–Crippen MR) is 80.6 cm³/mol. The molecule has 0 aromatic heterocycles. The van der Waals surface area contributed by atoms with E-state index in [0.717, 1.165) is 0 Å². The van der Waals surface area contributed by atoms with Gasteiger partial charge in [0.15, 0.2) is 11.6 Å². The maximum absolute atomic E-state index is 14.3. The lowest BCUT2D eigenvalue weighted by Gasteiger charge is -2.40. The fourth-order valence-corrected chi connectivity index (χ4v) is 2.85. The summed E-state index contributed by atoms with van der Waals surface area (Å²) >= 11 is 0. The highest BCUT2D eigenvalue weighted by atomic mass is 19.1. The van der Waals surface area contributed by atoms with Gasteiger partial charge in [0.1, 0.15) is 12.2 Å². The zero-order chi connectivity index (χ0) is 16.1. The van der Waals surface area contributed by atoms with Gasteiger partial charge in [-0.3, -0.25) is 4.90 Å². The van der Waals surface area contributed by atoms with Gasteiger partial charge in [-0.15, -0.1) is 0 Å². The third-order valence-corrected chi connectivity index (χ3v) is 4.14. The van der Waals surface area contributed by atoms with Crippen molar-refractivity contribution in [1.82, 2.24) is 4.90 Å². The first-order valence-electron chi connectivity index (χ1n) is 7.27. The van der Waals surface area contributed by atoms with E-state index in [4.69, 9.17) is 18.9 Å². The largest absolute Gasteiger partial charge is 0.494 e. The number of benzene rings is 1. The first kappa shape index (κ1) is 17.1. The van der Waals surface area contributed by atoms with Gasteiger partial charge >= 0.3 is 0 Å². The Morgan fingerprint density at radius 2 is 2.00 bits per heavy atom. The second-order valence-electron chi connectivity index (χ2n) is 5.43. The van der Waals surface area contributed by atoms with E-state index in [0.29, 0.717) is 25.3 Å². The molecule has 0 unspecified atom stereocenters. The molecule has 0 aliphatic carbocycles. The van der Waals surface area contributed by atoms with Crippen LogP contribution in [0.5, 0.6) is 5.75 Å². The number of ether oxygens (including phenoxy) is 4. The van der Waals surface area contributed by atoms with Crippen LogP contribution in [0.15, 0.2) is 18.2 Å². The lowest BCUT2D eigenvalue weighted by Crippen LogP contribution is -2.56. The smallest absolute Gasteiger partial charge is 0.169 e. The van der Waals surface area contributed by atoms with Gasteiger partial charge in [0.05, 0.1) is 26.4 Å². The van der Waals surface area contributed by atoms with Crippen LogP contribution < -0.4 is 4.74 Å². The Balaban J connectivity index is 2.12. The molecular weight excluding hydrogens is 289 g/mol. The third kappa shape index (κ3) is 3.57. The standard InChI is InChI=1S/C16H24FNO4/c1-18(8-11-6-5-7-13(19-2)15(11)17)12-9-22-10-14(20-3)16(12)21-4/h5-7,12,14,16H,8-10H2,1-4H3/t12-,14-,16+/m1/s1. The molecule has 1 aliphatic rings. The molecule has 1 heterocycles. The predicted octanol–water partition coefficient (Wildman–Crippen LogP) is 1.69. The zero-order valence-corrected chi connectivity index (χ0v) is 13.5. The number of rotatable bonds is 6. The van der Waals surface area contributed by atoms with Crippen LogP contribution in [0.25, 0.3) is 0 Å². The third-order valence-electron chi connectivity index (χ3n) is 4.14. The molecule has 0 spiro atoms. The molecule has 6 heteroatoms. The van der Waals surface area contributed by atoms with Crippen LogP contribution in [0.3, 0.4) is 0 Å². The van der Waals surface area contributed by atoms with E-state index in [1.54, 1.807) is 32.4 Å². The summed E-state index contributed by atoms with van der Waals surface area (Å²) in [5.41, 5.74) is 0.580. The van der Waals surface area contributed by atoms with Crippen LogP contribution in [0.4, 0.5) is 4.39 Å². The van der Waals surface area contributed by atoms with E-state index in [1.807, 2.05) is 11.9 Å². The number of nitrogens with zero attached hydrogens (tertiary/aromatic N) is 1. The average molecular weight is 313 g/mol. The Morgan fingerprint density at radius 1 is 1.23 bits per heavy atom. The van der Waals surface area contributed by atoms with Crippen LogP contribution in [0.2, 0.25) is 0 Å². The number of hydrogen-bond acceptors (Lipinski definition) is 5. The number of halogens is 1. The molecule has 2 rings (SSSR count). The van der Waals surface area contributed by atoms with Gasteiger partial charge in [-0.05, 0) is 13.1 Å². The van der Waals surface area contributed by atoms with Gasteiger partial charge in [0.25, 0.3) is 0 Å². The van der Waals surface area contributed by atoms with Crippen LogP contribution in [-0.2, 0) is 20.8 Å². The molecule has 124 valence electrons. The van der Waals surface area contributed by atoms with Crippen LogP contribution in [0, 0.1) is 5.82 Å². The minimum atomic E-state index is -0.328. The Morgan fingerprint density at radius 3 is 2.64 bits per heavy atom. The van der Waals surface area contributed by atoms with E-state index in [-0.39, 0.29) is 29.8 Å². The molecular formula is C16H24FNO4. The lowest BCUT2D eigenvalue weighted by molar-refractivity contribution is -0.153. The lowest BCUT2D eigenvalue weighted by atomic mass is 10.0. The van der Waals surface area contributed by atoms with E-state index >= 15 is 0 Å². The van der Waals surface area contributed by atoms with Crippen molar-refractivity contribution in [2.75, 3.05) is 41.6 Å². The van der Waals surface area contributed by atoms with Crippen LogP contribution in [0.1, 0.15) is 5.56 Å². The minimum absolute atomic E-state index is 0.00528. The monoisotopic (exact) mass is 313 g/mol. The van der Waals surface area contributed by atoms with E-state index < -0.39 is 0 Å². The van der Waals surface area contributed by atoms with E-state index in [1.165, 1.54) is 7.11 Å². The quantitative estimate of drug-likeness (QED) is 0.799. The van der Waals surface area contributed by atoms with Crippen molar-refractivity contribution in [3.63, 3.8) is 0 Å². The summed E-state index contributed by atoms with van der Waals surface area (Å²) in [5.74, 6) is -0.0744. The highest BCUT2D eigenvalue weighted by Gasteiger charge is 2.37. The Hall–Kier alpha value is -1.21. The fraction of sp³-hybridized carbons (Fsp3) is 0.625. The Bertz CT molecular complexity index is 485. The van der Waals surface area contributed by atoms with Crippen molar-refractivity contribution in [2.45, 2.75) is 24.8 Å². The topological polar surface area (TPSA) is 40.2 Å². The van der Waals surface area contributed by atoms with Gasteiger partial charge in [0, 0.05) is 26.3 Å². The molecule has 5 nitrogen and oxygen atoms in total. The molecule has 0 N–H and O–H groups in total. The molecule has 1 aromatic rings. The highest BCUT2D eigenvalue weighted by molar-refractivity contribution is 5.31. The second kappa shape index (κ2) is 7.87. The Labute approximate surface area is 130 Å². The molecule has 1 fully saturated rings. The van der Waals surface area contributed by atoms with Gasteiger partial charge in [-0.25, -0.2) is 4.39 Å². The van der Waals surface area contributed by atoms with Crippen molar-refractivity contribution in [1.29, 1.82) is 0 Å². The Kier molecular flexibility index (Phi) is 6.14. The summed E-state index contributed by atoms with van der Waals surface area (Å²) in [4.78, 5) is 2.02. The molecule has 0 amide bonds. The van der Waals surface area contributed by atoms with Crippen LogP contribution >= 0.6 is 0 Å². The molecule has 0 bridgehead atoms. The number of methoxy groups -OCH3 is 3. The van der Waals surface area contributed by atoms with Crippen molar-refractivity contribution in [3.8, 4) is 5.75 Å². The molecule has 22 heavy (non-hydrogen) atoms. The van der Waals surface area contributed by atoms with Gasteiger partial charge in [0.2, 0.25) is 0 Å². The van der Waals surface area contributed by atoms with E-state index in [2.05, 4.69) is 0 Å². The number of hydrogen-bond donors (Lipinski definition) is 0. The maximum atomic E-state index is 14.3. The first-order chi connectivity index (χ1) is 10.6. The summed E-state index contributed by atoms with van der Waals surface area (Å²) < 4.78 is 35.9. The molecule has 1 saturated heterocycles. The molecule has 1 aromatic carbocycles. The fourth-order valence-electron chi connectivity index (χ4n) is 2.85. The summed E-state index contributed by atoms with van der Waals surface area (Å²) in [6, 6.07) is 5.15. The molecule has 0 saturated carbocycles. The minimum Gasteiger partial charge on any atom is -0.494 e. The molecule has 1 aliphatic heterocycles. The highest BCUT2D eigenvalue weighted by Crippen LogP contribution is 2.24. The maximum Gasteiger partial charge on any atom is 0.169 e. The van der Waals surface area contributed by atoms with Crippen molar-refractivity contribution in [3.05, 3.63) is 29.6 Å². The SMILES string of the molecule is COc1cccc(CN(C)[C@@H]2COC[C@@H](OC)[C@H]2OC)c1F.